The first-order valence-electron chi connectivity index (χ1n) is 7.70. The molecule has 0 spiro atoms. The number of carbonyl (C=O) groups is 1. The maximum Gasteiger partial charge on any atom is 0.251 e. The van der Waals surface area contributed by atoms with Crippen LogP contribution in [0.25, 0.3) is 0 Å². The third-order valence-corrected chi connectivity index (χ3v) is 3.46. The quantitative estimate of drug-likeness (QED) is 0.554. The Labute approximate surface area is 142 Å². The number of hydrogen-bond donors (Lipinski definition) is 3. The van der Waals surface area contributed by atoms with Gasteiger partial charge in [0.2, 0.25) is 0 Å². The van der Waals surface area contributed by atoms with E-state index < -0.39 is 0 Å². The maximum absolute atomic E-state index is 11.9. The molecule has 0 saturated carbocycles. The van der Waals surface area contributed by atoms with E-state index in [-0.39, 0.29) is 5.91 Å². The standard InChI is InChI=1S/C18H21N3OS/c1-2-3-13-19-17(22)14-9-11-16(12-10-14)21-18(23)20-15-7-5-4-6-8-15/h4-12H,2-3,13H2,1H3,(H,19,22)(H2,20,21,23). The van der Waals surface area contributed by atoms with Crippen molar-refractivity contribution in [2.75, 3.05) is 17.2 Å². The third-order valence-electron chi connectivity index (χ3n) is 3.25. The molecule has 0 saturated heterocycles. The summed E-state index contributed by atoms with van der Waals surface area (Å²) in [5.74, 6) is -0.0463. The van der Waals surface area contributed by atoms with E-state index in [1.165, 1.54) is 0 Å². The molecule has 0 aromatic heterocycles. The molecule has 3 N–H and O–H groups in total. The summed E-state index contributed by atoms with van der Waals surface area (Å²) in [6, 6.07) is 17.0. The van der Waals surface area contributed by atoms with Crippen molar-refractivity contribution in [3.8, 4) is 0 Å². The number of thiocarbonyl (C=S) groups is 1. The van der Waals surface area contributed by atoms with E-state index in [1.54, 1.807) is 12.1 Å². The van der Waals surface area contributed by atoms with Gasteiger partial charge in [-0.1, -0.05) is 31.5 Å². The number of amides is 1. The SMILES string of the molecule is CCCCNC(=O)c1ccc(NC(=S)Nc2ccccc2)cc1. The number of benzene rings is 2. The molecular weight excluding hydrogens is 306 g/mol. The van der Waals surface area contributed by atoms with Gasteiger partial charge in [-0.2, -0.15) is 0 Å². The summed E-state index contributed by atoms with van der Waals surface area (Å²) >= 11 is 5.27. The monoisotopic (exact) mass is 327 g/mol. The van der Waals surface area contributed by atoms with E-state index in [4.69, 9.17) is 12.2 Å². The van der Waals surface area contributed by atoms with Crippen LogP contribution in [0.1, 0.15) is 30.1 Å². The number of rotatable bonds is 6. The summed E-state index contributed by atoms with van der Waals surface area (Å²) in [5.41, 5.74) is 2.41. The number of unbranched alkanes of at least 4 members (excludes halogenated alkanes) is 1. The fourth-order valence-corrected chi connectivity index (χ4v) is 2.24. The number of nitrogens with one attached hydrogen (secondary N) is 3. The van der Waals surface area contributed by atoms with Crippen LogP contribution in [0.2, 0.25) is 0 Å². The van der Waals surface area contributed by atoms with Crippen LogP contribution in [0.3, 0.4) is 0 Å². The molecule has 0 aliphatic heterocycles. The van der Waals surface area contributed by atoms with Gasteiger partial charge in [-0.25, -0.2) is 0 Å². The van der Waals surface area contributed by atoms with Gasteiger partial charge in [0.15, 0.2) is 5.11 Å². The predicted molar refractivity (Wildman–Crippen MR) is 100.0 cm³/mol. The van der Waals surface area contributed by atoms with E-state index in [0.717, 1.165) is 24.2 Å². The van der Waals surface area contributed by atoms with E-state index in [9.17, 15) is 4.79 Å². The van der Waals surface area contributed by atoms with Crippen LogP contribution in [-0.2, 0) is 0 Å². The van der Waals surface area contributed by atoms with Gasteiger partial charge in [0.1, 0.15) is 0 Å². The van der Waals surface area contributed by atoms with E-state index in [2.05, 4.69) is 22.9 Å². The summed E-state index contributed by atoms with van der Waals surface area (Å²) < 4.78 is 0. The summed E-state index contributed by atoms with van der Waals surface area (Å²) in [7, 11) is 0. The van der Waals surface area contributed by atoms with Crippen LogP contribution in [0.4, 0.5) is 11.4 Å². The lowest BCUT2D eigenvalue weighted by Gasteiger charge is -2.11. The Morgan fingerprint density at radius 1 is 0.957 bits per heavy atom. The van der Waals surface area contributed by atoms with Gasteiger partial charge in [0.25, 0.3) is 5.91 Å². The maximum atomic E-state index is 11.9. The normalized spacial score (nSPS) is 9.96. The van der Waals surface area contributed by atoms with Crippen molar-refractivity contribution in [1.29, 1.82) is 0 Å². The van der Waals surface area contributed by atoms with E-state index >= 15 is 0 Å². The summed E-state index contributed by atoms with van der Waals surface area (Å²) in [4.78, 5) is 11.9. The third kappa shape index (κ3) is 5.71. The lowest BCUT2D eigenvalue weighted by molar-refractivity contribution is 0.0953. The molecule has 4 nitrogen and oxygen atoms in total. The first-order valence-corrected chi connectivity index (χ1v) is 8.11. The van der Waals surface area contributed by atoms with Gasteiger partial charge >= 0.3 is 0 Å². The summed E-state index contributed by atoms with van der Waals surface area (Å²) in [5, 5.41) is 9.61. The first kappa shape index (κ1) is 17.0. The van der Waals surface area contributed by atoms with Crippen molar-refractivity contribution in [2.24, 2.45) is 0 Å². The fraction of sp³-hybridized carbons (Fsp3) is 0.222. The van der Waals surface area contributed by atoms with Gasteiger partial charge in [-0.15, -0.1) is 0 Å². The molecule has 2 rings (SSSR count). The average Bonchev–Trinajstić information content (AvgIpc) is 2.56. The van der Waals surface area contributed by atoms with Crippen LogP contribution in [-0.4, -0.2) is 17.6 Å². The number of anilines is 2. The van der Waals surface area contributed by atoms with Gasteiger partial charge in [-0.05, 0) is 55.0 Å². The molecule has 0 unspecified atom stereocenters. The molecule has 5 heteroatoms. The predicted octanol–water partition coefficient (Wildman–Crippen LogP) is 4.03. The molecule has 120 valence electrons. The van der Waals surface area contributed by atoms with Crippen molar-refractivity contribution in [1.82, 2.24) is 5.32 Å². The average molecular weight is 327 g/mol. The zero-order valence-corrected chi connectivity index (χ0v) is 14.0. The Hall–Kier alpha value is -2.40. The first-order chi connectivity index (χ1) is 11.2. The van der Waals surface area contributed by atoms with Crippen LogP contribution in [0.5, 0.6) is 0 Å². The molecule has 0 atom stereocenters. The van der Waals surface area contributed by atoms with Crippen molar-refractivity contribution in [3.05, 3.63) is 60.2 Å². The highest BCUT2D eigenvalue weighted by molar-refractivity contribution is 7.80. The van der Waals surface area contributed by atoms with E-state index in [0.29, 0.717) is 17.2 Å². The highest BCUT2D eigenvalue weighted by atomic mass is 32.1. The Kier molecular flexibility index (Phi) is 6.56. The zero-order chi connectivity index (χ0) is 16.5. The zero-order valence-electron chi connectivity index (χ0n) is 13.1. The lowest BCUT2D eigenvalue weighted by atomic mass is 10.2. The molecule has 0 aliphatic rings. The fourth-order valence-electron chi connectivity index (χ4n) is 2.00. The molecule has 0 heterocycles. The van der Waals surface area contributed by atoms with Gasteiger partial charge in [0.05, 0.1) is 0 Å². The smallest absolute Gasteiger partial charge is 0.251 e. The molecule has 23 heavy (non-hydrogen) atoms. The Morgan fingerprint density at radius 2 is 1.57 bits per heavy atom. The number of para-hydroxylation sites is 1. The molecule has 2 aromatic carbocycles. The van der Waals surface area contributed by atoms with E-state index in [1.807, 2.05) is 42.5 Å². The van der Waals surface area contributed by atoms with Gasteiger partial charge in [0, 0.05) is 23.5 Å². The largest absolute Gasteiger partial charge is 0.352 e. The second-order valence-corrected chi connectivity index (χ2v) is 5.54. The molecule has 1 amide bonds. The van der Waals surface area contributed by atoms with Crippen LogP contribution < -0.4 is 16.0 Å². The highest BCUT2D eigenvalue weighted by Gasteiger charge is 2.05. The molecule has 0 bridgehead atoms. The van der Waals surface area contributed by atoms with Crippen molar-refractivity contribution >= 4 is 34.6 Å². The number of carbonyl (C=O) groups excluding carboxylic acids is 1. The summed E-state index contributed by atoms with van der Waals surface area (Å²) in [6.45, 7) is 2.80. The Balaban J connectivity index is 1.87. The minimum Gasteiger partial charge on any atom is -0.352 e. The molecular formula is C18H21N3OS. The molecule has 0 fully saturated rings. The van der Waals surface area contributed by atoms with Crippen molar-refractivity contribution in [3.63, 3.8) is 0 Å². The van der Waals surface area contributed by atoms with Crippen LogP contribution in [0.15, 0.2) is 54.6 Å². The highest BCUT2D eigenvalue weighted by Crippen LogP contribution is 2.11. The van der Waals surface area contributed by atoms with Crippen molar-refractivity contribution < 1.29 is 4.79 Å². The Morgan fingerprint density at radius 3 is 2.17 bits per heavy atom. The molecule has 0 aliphatic carbocycles. The second kappa shape index (κ2) is 8.90. The topological polar surface area (TPSA) is 53.2 Å². The minimum atomic E-state index is -0.0463. The Bertz CT molecular complexity index is 641. The van der Waals surface area contributed by atoms with Crippen LogP contribution >= 0.6 is 12.2 Å². The van der Waals surface area contributed by atoms with Crippen molar-refractivity contribution in [2.45, 2.75) is 19.8 Å². The molecule has 2 aromatic rings. The van der Waals surface area contributed by atoms with Gasteiger partial charge in [-0.3, -0.25) is 4.79 Å². The second-order valence-electron chi connectivity index (χ2n) is 5.13. The van der Waals surface area contributed by atoms with Gasteiger partial charge < -0.3 is 16.0 Å². The lowest BCUT2D eigenvalue weighted by Crippen LogP contribution is -2.24. The molecule has 0 radical (unpaired) electrons. The number of hydrogen-bond acceptors (Lipinski definition) is 2. The summed E-state index contributed by atoms with van der Waals surface area (Å²) in [6.07, 6.45) is 2.06. The van der Waals surface area contributed by atoms with Crippen LogP contribution in [0, 0.1) is 0 Å². The minimum absolute atomic E-state index is 0.0463.